The van der Waals surface area contributed by atoms with Crippen molar-refractivity contribution in [1.29, 1.82) is 0 Å². The van der Waals surface area contributed by atoms with Gasteiger partial charge in [-0.05, 0) is 25.7 Å². The molecule has 0 aromatic carbocycles. The van der Waals surface area contributed by atoms with Crippen LogP contribution in [0, 0.1) is 0 Å². The number of aliphatic hydroxyl groups excluding tert-OH is 1. The Balaban J connectivity index is 3.22. The van der Waals surface area contributed by atoms with Crippen LogP contribution in [-0.4, -0.2) is 29.4 Å². The van der Waals surface area contributed by atoms with Crippen LogP contribution in [0.4, 0.5) is 0 Å². The van der Waals surface area contributed by atoms with Crippen molar-refractivity contribution < 1.29 is 14.7 Å². The fourth-order valence-electron chi connectivity index (χ4n) is 11.2. The van der Waals surface area contributed by atoms with Gasteiger partial charge in [0.25, 0.3) is 0 Å². The number of carbonyl (C=O) groups is 2. The second-order valence-electron chi connectivity index (χ2n) is 23.8. The molecule has 0 aromatic rings. The summed E-state index contributed by atoms with van der Waals surface area (Å²) >= 11 is 0. The Bertz CT molecular complexity index is 1010. The van der Waals surface area contributed by atoms with E-state index in [0.29, 0.717) is 18.7 Å². The number of amides is 1. The molecule has 1 amide bonds. The maximum Gasteiger partial charge on any atom is 0.220 e. The summed E-state index contributed by atoms with van der Waals surface area (Å²) in [5.41, 5.74) is 0. The summed E-state index contributed by atoms with van der Waals surface area (Å²) < 4.78 is 0. The Labute approximate surface area is 454 Å². The first-order valence-corrected chi connectivity index (χ1v) is 34.1. The van der Waals surface area contributed by atoms with Crippen LogP contribution in [0.5, 0.6) is 0 Å². The highest BCUT2D eigenvalue weighted by molar-refractivity contribution is 5.78. The van der Waals surface area contributed by atoms with Crippen LogP contribution in [-0.2, 0) is 9.59 Å². The highest BCUT2D eigenvalue weighted by Gasteiger charge is 2.08. The van der Waals surface area contributed by atoms with Gasteiger partial charge in [0, 0.05) is 25.8 Å². The smallest absolute Gasteiger partial charge is 0.220 e. The average Bonchev–Trinajstić information content (AvgIpc) is 3.38. The second-order valence-corrected chi connectivity index (χ2v) is 23.8. The van der Waals surface area contributed by atoms with E-state index in [9.17, 15) is 14.7 Å². The lowest BCUT2D eigenvalue weighted by Crippen LogP contribution is -2.31. The lowest BCUT2D eigenvalue weighted by molar-refractivity contribution is -0.121. The molecule has 0 heterocycles. The Morgan fingerprint density at radius 3 is 0.667 bits per heavy atom. The SMILES string of the molecule is CCCCCCCCCCCCCCCCCCCC(=O)CCCCCCCCCCCCCCCCCCCCCCCCCCCCCC(=O)NC[C@@H](O)CCCCCCCCCCCCCCCC. The molecule has 0 aliphatic rings. The molecule has 4 heteroatoms. The zero-order valence-electron chi connectivity index (χ0n) is 49.9. The van der Waals surface area contributed by atoms with Crippen LogP contribution in [0.25, 0.3) is 0 Å². The van der Waals surface area contributed by atoms with Crippen molar-refractivity contribution in [2.45, 2.75) is 418 Å². The van der Waals surface area contributed by atoms with Crippen molar-refractivity contribution in [1.82, 2.24) is 5.32 Å². The standard InChI is InChI=1S/C68H135NO3/c1-3-5-7-9-11-13-15-17-19-31-34-38-41-45-49-53-57-61-66(70)62-58-54-50-46-42-39-35-32-29-27-25-23-21-20-22-24-26-28-30-33-36-40-44-48-52-56-60-64-68(72)69-65-67(71)63-59-55-51-47-43-37-18-16-14-12-10-8-6-4-2/h67,71H,3-65H2,1-2H3,(H,69,72)/t67-/m0/s1. The van der Waals surface area contributed by atoms with Crippen LogP contribution < -0.4 is 5.32 Å². The molecule has 430 valence electrons. The largest absolute Gasteiger partial charge is 0.391 e. The quantitative estimate of drug-likeness (QED) is 0.0597. The summed E-state index contributed by atoms with van der Waals surface area (Å²) in [6.45, 7) is 5.01. The molecule has 0 fully saturated rings. The van der Waals surface area contributed by atoms with E-state index in [1.165, 1.54) is 340 Å². The third-order valence-corrected chi connectivity index (χ3v) is 16.3. The summed E-state index contributed by atoms with van der Waals surface area (Å²) in [7, 11) is 0. The predicted molar refractivity (Wildman–Crippen MR) is 322 cm³/mol. The van der Waals surface area contributed by atoms with Gasteiger partial charge in [-0.2, -0.15) is 0 Å². The summed E-state index contributed by atoms with van der Waals surface area (Å²) in [4.78, 5) is 24.6. The van der Waals surface area contributed by atoms with E-state index in [1.54, 1.807) is 0 Å². The maximum absolute atomic E-state index is 12.3. The van der Waals surface area contributed by atoms with Gasteiger partial charge in [-0.1, -0.05) is 367 Å². The number of nitrogens with one attached hydrogen (secondary N) is 1. The minimum Gasteiger partial charge on any atom is -0.391 e. The molecule has 0 aliphatic heterocycles. The fraction of sp³-hybridized carbons (Fsp3) is 0.971. The Hall–Kier alpha value is -0.900. The van der Waals surface area contributed by atoms with E-state index in [2.05, 4.69) is 19.2 Å². The molecule has 4 nitrogen and oxygen atoms in total. The number of Topliss-reactive ketones (excluding diaryl/α,β-unsaturated/α-hetero) is 1. The van der Waals surface area contributed by atoms with Crippen molar-refractivity contribution >= 4 is 11.7 Å². The number of unbranched alkanes of at least 4 members (excludes halogenated alkanes) is 55. The number of aliphatic hydroxyl groups is 1. The first kappa shape index (κ1) is 71.1. The summed E-state index contributed by atoms with van der Waals surface area (Å²) in [5, 5.41) is 13.3. The van der Waals surface area contributed by atoms with Crippen LogP contribution in [0.2, 0.25) is 0 Å². The number of rotatable bonds is 65. The predicted octanol–water partition coefficient (Wildman–Crippen LogP) is 23.3. The van der Waals surface area contributed by atoms with Crippen molar-refractivity contribution in [3.05, 3.63) is 0 Å². The second kappa shape index (κ2) is 64.4. The van der Waals surface area contributed by atoms with E-state index < -0.39 is 6.10 Å². The zero-order valence-corrected chi connectivity index (χ0v) is 49.9. The highest BCUT2D eigenvalue weighted by Crippen LogP contribution is 2.19. The third-order valence-electron chi connectivity index (χ3n) is 16.3. The topological polar surface area (TPSA) is 66.4 Å². The Kier molecular flexibility index (Phi) is 63.6. The normalized spacial score (nSPS) is 12.0. The summed E-state index contributed by atoms with van der Waals surface area (Å²) in [5.74, 6) is 0.643. The van der Waals surface area contributed by atoms with Gasteiger partial charge in [0.2, 0.25) is 5.91 Å². The molecule has 0 unspecified atom stereocenters. The van der Waals surface area contributed by atoms with Gasteiger partial charge >= 0.3 is 0 Å². The van der Waals surface area contributed by atoms with E-state index in [4.69, 9.17) is 0 Å². The minimum absolute atomic E-state index is 0.117. The molecule has 2 N–H and O–H groups in total. The van der Waals surface area contributed by atoms with E-state index in [0.717, 1.165) is 51.4 Å². The average molecular weight is 1010 g/mol. The van der Waals surface area contributed by atoms with Crippen LogP contribution in [0.15, 0.2) is 0 Å². The number of carbonyl (C=O) groups excluding carboxylic acids is 2. The van der Waals surface area contributed by atoms with Gasteiger partial charge in [-0.15, -0.1) is 0 Å². The monoisotopic (exact) mass is 1010 g/mol. The summed E-state index contributed by atoms with van der Waals surface area (Å²) in [6, 6.07) is 0. The first-order valence-electron chi connectivity index (χ1n) is 34.1. The van der Waals surface area contributed by atoms with Crippen molar-refractivity contribution in [2.24, 2.45) is 0 Å². The molecule has 1 atom stereocenters. The molecular formula is C68H135NO3. The third kappa shape index (κ3) is 63.4. The van der Waals surface area contributed by atoms with Gasteiger partial charge in [0.1, 0.15) is 5.78 Å². The number of hydrogen-bond acceptors (Lipinski definition) is 3. The number of ketones is 1. The lowest BCUT2D eigenvalue weighted by Gasteiger charge is -2.12. The highest BCUT2D eigenvalue weighted by atomic mass is 16.3. The van der Waals surface area contributed by atoms with E-state index in [1.807, 2.05) is 0 Å². The zero-order chi connectivity index (χ0) is 52.0. The Morgan fingerprint density at radius 1 is 0.264 bits per heavy atom. The first-order chi connectivity index (χ1) is 35.6. The fourth-order valence-corrected chi connectivity index (χ4v) is 11.2. The molecule has 0 spiro atoms. The van der Waals surface area contributed by atoms with Gasteiger partial charge in [-0.25, -0.2) is 0 Å². The van der Waals surface area contributed by atoms with Gasteiger partial charge in [-0.3, -0.25) is 9.59 Å². The maximum atomic E-state index is 12.3. The molecule has 0 radical (unpaired) electrons. The Morgan fingerprint density at radius 2 is 0.444 bits per heavy atom. The van der Waals surface area contributed by atoms with Crippen LogP contribution in [0.3, 0.4) is 0 Å². The molecular weight excluding hydrogens is 879 g/mol. The molecule has 0 aliphatic carbocycles. The van der Waals surface area contributed by atoms with Gasteiger partial charge in [0.15, 0.2) is 0 Å². The van der Waals surface area contributed by atoms with Crippen LogP contribution >= 0.6 is 0 Å². The number of hydrogen-bond donors (Lipinski definition) is 2. The molecule has 0 bridgehead atoms. The molecule has 0 rings (SSSR count). The molecule has 72 heavy (non-hydrogen) atoms. The van der Waals surface area contributed by atoms with Crippen molar-refractivity contribution in [3.63, 3.8) is 0 Å². The summed E-state index contributed by atoms with van der Waals surface area (Å²) in [6.07, 6.45) is 82.2. The van der Waals surface area contributed by atoms with Gasteiger partial charge in [0.05, 0.1) is 6.10 Å². The molecule has 0 aromatic heterocycles. The minimum atomic E-state index is -0.391. The van der Waals surface area contributed by atoms with Crippen molar-refractivity contribution in [3.8, 4) is 0 Å². The van der Waals surface area contributed by atoms with Gasteiger partial charge < -0.3 is 10.4 Å². The molecule has 0 saturated carbocycles. The lowest BCUT2D eigenvalue weighted by atomic mass is 10.0. The van der Waals surface area contributed by atoms with E-state index >= 15 is 0 Å². The van der Waals surface area contributed by atoms with Crippen LogP contribution in [0.1, 0.15) is 412 Å². The van der Waals surface area contributed by atoms with E-state index in [-0.39, 0.29) is 5.91 Å². The molecule has 0 saturated heterocycles. The van der Waals surface area contributed by atoms with Crippen molar-refractivity contribution in [2.75, 3.05) is 6.54 Å².